The predicted octanol–water partition coefficient (Wildman–Crippen LogP) is -2.74. The van der Waals surface area contributed by atoms with E-state index in [9.17, 15) is 5.11 Å². The molecule has 0 bridgehead atoms. The van der Waals surface area contributed by atoms with Crippen molar-refractivity contribution in [1.82, 2.24) is 0 Å². The van der Waals surface area contributed by atoms with Crippen LogP contribution in [0.3, 0.4) is 0 Å². The van der Waals surface area contributed by atoms with Gasteiger partial charge < -0.3 is 29.9 Å². The Morgan fingerprint density at radius 3 is 1.50 bits per heavy atom. The van der Waals surface area contributed by atoms with Gasteiger partial charge in [0.25, 0.3) is 0 Å². The summed E-state index contributed by atoms with van der Waals surface area (Å²) in [5.41, 5.74) is 1.87. The van der Waals surface area contributed by atoms with Crippen LogP contribution in [-0.2, 0) is 21.7 Å². The molecule has 0 amide bonds. The van der Waals surface area contributed by atoms with E-state index < -0.39 is 0 Å². The molecule has 91 valence electrons. The first-order chi connectivity index (χ1) is 6.04. The van der Waals surface area contributed by atoms with Crippen LogP contribution in [0.5, 0.6) is 5.75 Å². The summed E-state index contributed by atoms with van der Waals surface area (Å²) in [4.78, 5) is 0. The summed E-state index contributed by atoms with van der Waals surface area (Å²) in [7, 11) is 0. The van der Waals surface area contributed by atoms with Crippen LogP contribution in [0.2, 0.25) is 0 Å². The Morgan fingerprint density at radius 2 is 1.25 bits per heavy atom. The van der Waals surface area contributed by atoms with E-state index in [-0.39, 0.29) is 53.7 Å². The zero-order valence-electron chi connectivity index (χ0n) is 10.1. The van der Waals surface area contributed by atoms with Crippen LogP contribution in [0.25, 0.3) is 0 Å². The molecule has 16 heavy (non-hydrogen) atoms. The van der Waals surface area contributed by atoms with Gasteiger partial charge in [-0.1, -0.05) is 57.0 Å². The fourth-order valence-electron chi connectivity index (χ4n) is 1.48. The van der Waals surface area contributed by atoms with Crippen LogP contribution in [0.15, 0.2) is 18.2 Å². The van der Waals surface area contributed by atoms with E-state index in [0.717, 1.165) is 11.1 Å². The summed E-state index contributed by atoms with van der Waals surface area (Å²) in [5.74, 6) is 0.880. The third-order valence-corrected chi connectivity index (χ3v) is 2.32. The third kappa shape index (κ3) is 5.10. The Bertz CT molecular complexity index is 280. The summed E-state index contributed by atoms with van der Waals surface area (Å²) in [6.07, 6.45) is 0. The van der Waals surface area contributed by atoms with Crippen molar-refractivity contribution in [2.45, 2.75) is 39.5 Å². The van der Waals surface area contributed by atoms with Crippen molar-refractivity contribution in [3.05, 3.63) is 29.3 Å². The fourth-order valence-corrected chi connectivity index (χ4v) is 1.48. The van der Waals surface area contributed by atoms with Crippen LogP contribution >= 0.6 is 0 Å². The molecular formula is C12H19Cl2OTi. The van der Waals surface area contributed by atoms with Crippen molar-refractivity contribution in [2.75, 3.05) is 0 Å². The molecule has 0 N–H and O–H groups in total. The van der Waals surface area contributed by atoms with Gasteiger partial charge >= 0.3 is 21.7 Å². The number of hydrogen-bond acceptors (Lipinski definition) is 1. The van der Waals surface area contributed by atoms with Gasteiger partial charge in [-0.2, -0.15) is 0 Å². The normalized spacial score (nSPS) is 9.12. The third-order valence-electron chi connectivity index (χ3n) is 2.32. The van der Waals surface area contributed by atoms with Crippen LogP contribution < -0.4 is 29.9 Å². The van der Waals surface area contributed by atoms with E-state index >= 15 is 0 Å². The molecule has 0 unspecified atom stereocenters. The van der Waals surface area contributed by atoms with Crippen molar-refractivity contribution in [3.63, 3.8) is 0 Å². The van der Waals surface area contributed by atoms with Gasteiger partial charge in [-0.05, 0) is 11.8 Å². The molecule has 0 aromatic heterocycles. The number of benzene rings is 1. The predicted molar refractivity (Wildman–Crippen MR) is 56.2 cm³/mol. The Hall–Kier alpha value is 0.314. The summed E-state index contributed by atoms with van der Waals surface area (Å²) in [5, 5.41) is 11.9. The van der Waals surface area contributed by atoms with Crippen LogP contribution in [0, 0.1) is 0 Å². The molecule has 1 nitrogen and oxygen atoms in total. The Labute approximate surface area is 127 Å². The first kappa shape index (κ1) is 21.6. The van der Waals surface area contributed by atoms with Gasteiger partial charge in [0.05, 0.1) is 0 Å². The van der Waals surface area contributed by atoms with E-state index in [4.69, 9.17) is 0 Å². The molecule has 0 fully saturated rings. The molecule has 4 heteroatoms. The summed E-state index contributed by atoms with van der Waals surface area (Å²) in [6, 6.07) is 5.84. The number of rotatable bonds is 2. The van der Waals surface area contributed by atoms with Crippen LogP contribution in [-0.4, -0.2) is 0 Å². The zero-order valence-corrected chi connectivity index (χ0v) is 13.1. The fraction of sp³-hybridized carbons (Fsp3) is 0.500. The Balaban J connectivity index is -0.000000211. The first-order valence-corrected chi connectivity index (χ1v) is 4.83. The van der Waals surface area contributed by atoms with Gasteiger partial charge in [-0.3, -0.25) is 0 Å². The van der Waals surface area contributed by atoms with E-state index in [1.165, 1.54) is 0 Å². The minimum atomic E-state index is 0. The summed E-state index contributed by atoms with van der Waals surface area (Å²) < 4.78 is 0. The molecule has 0 heterocycles. The average molecular weight is 298 g/mol. The molecule has 0 aliphatic rings. The van der Waals surface area contributed by atoms with Crippen LogP contribution in [0.4, 0.5) is 0 Å². The minimum Gasteiger partial charge on any atom is -1.00 e. The van der Waals surface area contributed by atoms with E-state index in [0.29, 0.717) is 11.8 Å². The number of para-hydroxylation sites is 1. The zero-order chi connectivity index (χ0) is 10.0. The van der Waals surface area contributed by atoms with E-state index in [1.54, 1.807) is 0 Å². The maximum Gasteiger partial charge on any atom is 3.00 e. The molecule has 1 rings (SSSR count). The molecule has 1 radical (unpaired) electrons. The van der Waals surface area contributed by atoms with Gasteiger partial charge in [-0.15, -0.1) is 5.75 Å². The van der Waals surface area contributed by atoms with Gasteiger partial charge in [0, 0.05) is 1.43 Å². The second-order valence-corrected chi connectivity index (χ2v) is 4.07. The first-order valence-electron chi connectivity index (χ1n) is 4.83. The molecule has 0 aliphatic heterocycles. The van der Waals surface area contributed by atoms with Crippen molar-refractivity contribution in [3.8, 4) is 5.75 Å². The average Bonchev–Trinajstić information content (AvgIpc) is 2.03. The van der Waals surface area contributed by atoms with Crippen molar-refractivity contribution >= 4 is 0 Å². The van der Waals surface area contributed by atoms with Crippen LogP contribution in [0.1, 0.15) is 52.1 Å². The van der Waals surface area contributed by atoms with Crippen molar-refractivity contribution in [1.29, 1.82) is 0 Å². The number of halogens is 2. The van der Waals surface area contributed by atoms with Crippen molar-refractivity contribution in [2.24, 2.45) is 0 Å². The molecule has 0 atom stereocenters. The molecule has 1 aromatic carbocycles. The van der Waals surface area contributed by atoms with Crippen molar-refractivity contribution < 1.29 is 53.1 Å². The molecule has 1 aromatic rings. The number of hydrogen-bond donors (Lipinski definition) is 0. The van der Waals surface area contributed by atoms with Gasteiger partial charge in [0.15, 0.2) is 0 Å². The maximum atomic E-state index is 11.9. The smallest absolute Gasteiger partial charge is 1.00 e. The molecule has 0 saturated carbocycles. The minimum absolute atomic E-state index is 0. The Morgan fingerprint density at radius 1 is 0.938 bits per heavy atom. The summed E-state index contributed by atoms with van der Waals surface area (Å²) in [6.45, 7) is 8.23. The standard InChI is InChI=1S/C12H18O.2ClH.Ti.H2/c1-8(2)10-6-5-7-11(9(3)4)12(10)13;;;;/h5-9,13H,1-4H3;2*1H;;1H/q;;;+3;/p-3. The van der Waals surface area contributed by atoms with Gasteiger partial charge in [-0.25, -0.2) is 0 Å². The monoisotopic (exact) mass is 297 g/mol. The van der Waals surface area contributed by atoms with E-state index in [1.807, 2.05) is 18.2 Å². The summed E-state index contributed by atoms with van der Waals surface area (Å²) >= 11 is 0. The molecule has 0 spiro atoms. The SMILES string of the molecule is CC(C)c1cccc(C(C)C)c1[O-].[Cl-].[Cl-].[HH].[Ti+3]. The van der Waals surface area contributed by atoms with E-state index in [2.05, 4.69) is 27.7 Å². The molecule has 0 saturated heterocycles. The Kier molecular flexibility index (Phi) is 12.6. The second kappa shape index (κ2) is 9.36. The maximum absolute atomic E-state index is 11.9. The molecule has 0 aliphatic carbocycles. The van der Waals surface area contributed by atoms with Gasteiger partial charge in [0.1, 0.15) is 0 Å². The quantitative estimate of drug-likeness (QED) is 0.543. The topological polar surface area (TPSA) is 23.1 Å². The largest absolute Gasteiger partial charge is 3.00 e. The van der Waals surface area contributed by atoms with Gasteiger partial charge in [0.2, 0.25) is 0 Å². The molecular weight excluding hydrogens is 279 g/mol. The second-order valence-electron chi connectivity index (χ2n) is 4.07.